The Morgan fingerprint density at radius 3 is 2.43 bits per heavy atom. The second-order valence-corrected chi connectivity index (χ2v) is 6.12. The molecule has 114 valence electrons. The fraction of sp³-hybridized carbons (Fsp3) is 0.357. The van der Waals surface area contributed by atoms with Crippen molar-refractivity contribution in [2.24, 2.45) is 0 Å². The number of imide groups is 1. The van der Waals surface area contributed by atoms with E-state index in [-0.39, 0.29) is 5.75 Å². The van der Waals surface area contributed by atoms with Crippen LogP contribution in [0.4, 0.5) is 9.59 Å². The topological polar surface area (TPSA) is 77.5 Å². The lowest BCUT2D eigenvalue weighted by molar-refractivity contribution is 0.0533. The second-order valence-electron chi connectivity index (χ2n) is 5.31. The van der Waals surface area contributed by atoms with Crippen molar-refractivity contribution in [3.05, 3.63) is 29.0 Å². The molecule has 0 radical (unpaired) electrons. The Bertz CT molecular complexity index is 579. The summed E-state index contributed by atoms with van der Waals surface area (Å²) in [6, 6.07) is 3.04. The van der Waals surface area contributed by atoms with Gasteiger partial charge < -0.3 is 9.47 Å². The lowest BCUT2D eigenvalue weighted by atomic mass is 10.2. The summed E-state index contributed by atoms with van der Waals surface area (Å²) in [5, 5.41) is 1.97. The quantitative estimate of drug-likeness (QED) is 0.813. The highest BCUT2D eigenvalue weighted by Gasteiger charge is 2.19. The highest BCUT2D eigenvalue weighted by atomic mass is 79.9. The van der Waals surface area contributed by atoms with Crippen molar-refractivity contribution >= 4 is 33.7 Å². The average Bonchev–Trinajstić information content (AvgIpc) is 2.24. The number of amides is 2. The summed E-state index contributed by atoms with van der Waals surface area (Å²) < 4.78 is 10.4. The Labute approximate surface area is 131 Å². The molecule has 0 aliphatic carbocycles. The Balaban J connectivity index is 2.71. The molecule has 0 aliphatic rings. The van der Waals surface area contributed by atoms with Crippen LogP contribution in [0.2, 0.25) is 0 Å². The SMILES string of the molecule is C=C(C)c1cc(OC(=O)NC(=O)OC(C)(C)C)cc(Br)n1. The molecular weight excluding hydrogens is 340 g/mol. The third kappa shape index (κ3) is 6.40. The number of aromatic nitrogens is 1. The Morgan fingerprint density at radius 2 is 1.90 bits per heavy atom. The van der Waals surface area contributed by atoms with Crippen LogP contribution in [0.3, 0.4) is 0 Å². The number of hydrogen-bond donors (Lipinski definition) is 1. The van der Waals surface area contributed by atoms with Gasteiger partial charge in [0.25, 0.3) is 0 Å². The van der Waals surface area contributed by atoms with Gasteiger partial charge in [0.1, 0.15) is 16.0 Å². The van der Waals surface area contributed by atoms with E-state index < -0.39 is 17.8 Å². The fourth-order valence-corrected chi connectivity index (χ4v) is 1.69. The van der Waals surface area contributed by atoms with Crippen LogP contribution in [0, 0.1) is 0 Å². The van der Waals surface area contributed by atoms with Gasteiger partial charge in [0.2, 0.25) is 0 Å². The minimum absolute atomic E-state index is 0.232. The maximum absolute atomic E-state index is 11.6. The van der Waals surface area contributed by atoms with Crippen molar-refractivity contribution in [3.8, 4) is 5.75 Å². The molecule has 1 aromatic heterocycles. The molecule has 0 aliphatic heterocycles. The molecule has 2 amide bonds. The number of ether oxygens (including phenoxy) is 2. The van der Waals surface area contributed by atoms with Gasteiger partial charge in [-0.15, -0.1) is 0 Å². The predicted octanol–water partition coefficient (Wildman–Crippen LogP) is 3.90. The van der Waals surface area contributed by atoms with Crippen LogP contribution >= 0.6 is 15.9 Å². The molecule has 0 bridgehead atoms. The van der Waals surface area contributed by atoms with Gasteiger partial charge in [-0.05, 0) is 49.2 Å². The monoisotopic (exact) mass is 356 g/mol. The number of pyridine rings is 1. The molecule has 21 heavy (non-hydrogen) atoms. The van der Waals surface area contributed by atoms with E-state index >= 15 is 0 Å². The van der Waals surface area contributed by atoms with E-state index in [2.05, 4.69) is 27.5 Å². The van der Waals surface area contributed by atoms with Gasteiger partial charge in [-0.2, -0.15) is 0 Å². The van der Waals surface area contributed by atoms with Crippen LogP contribution < -0.4 is 10.1 Å². The third-order valence-electron chi connectivity index (χ3n) is 2.02. The van der Waals surface area contributed by atoms with Gasteiger partial charge in [-0.3, -0.25) is 0 Å². The summed E-state index contributed by atoms with van der Waals surface area (Å²) in [6.07, 6.45) is -1.81. The molecule has 0 saturated heterocycles. The predicted molar refractivity (Wildman–Crippen MR) is 82.0 cm³/mol. The number of carbonyl (C=O) groups is 2. The first kappa shape index (κ1) is 17.2. The molecule has 1 N–H and O–H groups in total. The minimum atomic E-state index is -0.935. The van der Waals surface area contributed by atoms with Gasteiger partial charge in [0.05, 0.1) is 5.69 Å². The molecule has 0 fully saturated rings. The lowest BCUT2D eigenvalue weighted by Crippen LogP contribution is -2.37. The minimum Gasteiger partial charge on any atom is -0.443 e. The van der Waals surface area contributed by atoms with Crippen LogP contribution in [0.1, 0.15) is 33.4 Å². The van der Waals surface area contributed by atoms with Gasteiger partial charge in [-0.25, -0.2) is 19.9 Å². The molecule has 0 atom stereocenters. The van der Waals surface area contributed by atoms with E-state index in [0.717, 1.165) is 0 Å². The van der Waals surface area contributed by atoms with Gasteiger partial charge in [0, 0.05) is 12.1 Å². The highest BCUT2D eigenvalue weighted by molar-refractivity contribution is 9.10. The summed E-state index contributed by atoms with van der Waals surface area (Å²) in [4.78, 5) is 27.2. The number of alkyl carbamates (subject to hydrolysis) is 1. The molecule has 0 spiro atoms. The summed E-state index contributed by atoms with van der Waals surface area (Å²) in [5.41, 5.74) is 0.593. The number of nitrogens with one attached hydrogen (secondary N) is 1. The van der Waals surface area contributed by atoms with E-state index in [9.17, 15) is 9.59 Å². The molecule has 1 aromatic rings. The van der Waals surface area contributed by atoms with Crippen molar-refractivity contribution in [2.45, 2.75) is 33.3 Å². The number of halogens is 1. The van der Waals surface area contributed by atoms with Crippen molar-refractivity contribution in [3.63, 3.8) is 0 Å². The number of rotatable bonds is 2. The van der Waals surface area contributed by atoms with Crippen molar-refractivity contribution in [1.29, 1.82) is 0 Å². The molecule has 7 heteroatoms. The molecule has 0 saturated carbocycles. The first-order valence-corrected chi connectivity index (χ1v) is 6.91. The molecular formula is C14H17BrN2O4. The largest absolute Gasteiger partial charge is 0.443 e. The number of hydrogen-bond acceptors (Lipinski definition) is 5. The molecule has 0 aromatic carbocycles. The second kappa shape index (κ2) is 6.71. The van der Waals surface area contributed by atoms with Crippen molar-refractivity contribution in [2.75, 3.05) is 0 Å². The maximum Gasteiger partial charge on any atom is 0.422 e. The van der Waals surface area contributed by atoms with Crippen LogP contribution in [-0.4, -0.2) is 22.8 Å². The van der Waals surface area contributed by atoms with E-state index in [0.29, 0.717) is 15.9 Å². The van der Waals surface area contributed by atoms with Crippen molar-refractivity contribution in [1.82, 2.24) is 10.3 Å². The first-order valence-electron chi connectivity index (χ1n) is 6.12. The number of allylic oxidation sites excluding steroid dienone is 1. The maximum atomic E-state index is 11.6. The molecule has 6 nitrogen and oxygen atoms in total. The first-order chi connectivity index (χ1) is 9.56. The van der Waals surface area contributed by atoms with Gasteiger partial charge >= 0.3 is 12.2 Å². The molecule has 0 unspecified atom stereocenters. The zero-order chi connectivity index (χ0) is 16.2. The summed E-state index contributed by atoms with van der Waals surface area (Å²) in [6.45, 7) is 10.6. The van der Waals surface area contributed by atoms with Crippen LogP contribution in [0.5, 0.6) is 5.75 Å². The van der Waals surface area contributed by atoms with E-state index in [1.165, 1.54) is 6.07 Å². The van der Waals surface area contributed by atoms with Gasteiger partial charge in [0.15, 0.2) is 0 Å². The van der Waals surface area contributed by atoms with Crippen LogP contribution in [0.15, 0.2) is 23.3 Å². The highest BCUT2D eigenvalue weighted by Crippen LogP contribution is 2.22. The smallest absolute Gasteiger partial charge is 0.422 e. The van der Waals surface area contributed by atoms with Crippen molar-refractivity contribution < 1.29 is 19.1 Å². The average molecular weight is 357 g/mol. The standard InChI is InChI=1S/C14H17BrN2O4/c1-8(2)10-6-9(7-11(15)16-10)20-12(18)17-13(19)21-14(3,4)5/h6-7H,1H2,2-5H3,(H,17,18,19). The third-order valence-corrected chi connectivity index (χ3v) is 2.42. The summed E-state index contributed by atoms with van der Waals surface area (Å²) in [5.74, 6) is 0.232. The van der Waals surface area contributed by atoms with E-state index in [4.69, 9.17) is 9.47 Å². The normalized spacial score (nSPS) is 10.7. The van der Waals surface area contributed by atoms with E-state index in [1.807, 2.05) is 5.32 Å². The molecule has 1 heterocycles. The summed E-state index contributed by atoms with van der Waals surface area (Å²) in [7, 11) is 0. The molecule has 1 rings (SSSR count). The van der Waals surface area contributed by atoms with E-state index in [1.54, 1.807) is 33.8 Å². The van der Waals surface area contributed by atoms with Gasteiger partial charge in [-0.1, -0.05) is 6.58 Å². The Kier molecular flexibility index (Phi) is 5.48. The zero-order valence-electron chi connectivity index (χ0n) is 12.3. The lowest BCUT2D eigenvalue weighted by Gasteiger charge is -2.19. The number of nitrogens with zero attached hydrogens (tertiary/aromatic N) is 1. The summed E-state index contributed by atoms with van der Waals surface area (Å²) >= 11 is 3.21. The van der Waals surface area contributed by atoms with Crippen LogP contribution in [-0.2, 0) is 4.74 Å². The Morgan fingerprint density at radius 1 is 1.29 bits per heavy atom. The zero-order valence-corrected chi connectivity index (χ0v) is 13.9. The fourth-order valence-electron chi connectivity index (χ4n) is 1.27. The number of carbonyl (C=O) groups excluding carboxylic acids is 2. The van der Waals surface area contributed by atoms with Crippen LogP contribution in [0.25, 0.3) is 5.57 Å². The Hall–Kier alpha value is -1.89.